The number of imidazole rings is 1. The second-order valence-electron chi connectivity index (χ2n) is 5.18. The highest BCUT2D eigenvalue weighted by atomic mass is 79.9. The quantitative estimate of drug-likeness (QED) is 0.907. The van der Waals surface area contributed by atoms with Crippen molar-refractivity contribution in [2.24, 2.45) is 0 Å². The van der Waals surface area contributed by atoms with E-state index in [4.69, 9.17) is 0 Å². The lowest BCUT2D eigenvalue weighted by atomic mass is 10.1. The number of rotatable bonds is 5. The van der Waals surface area contributed by atoms with Crippen LogP contribution in [0.4, 0.5) is 0 Å². The third-order valence-electron chi connectivity index (χ3n) is 3.62. The van der Waals surface area contributed by atoms with Crippen LogP contribution in [-0.4, -0.2) is 9.55 Å². The van der Waals surface area contributed by atoms with Gasteiger partial charge in [0, 0.05) is 29.3 Å². The smallest absolute Gasteiger partial charge is 0.0951 e. The second-order valence-corrected chi connectivity index (χ2v) is 6.10. The van der Waals surface area contributed by atoms with E-state index in [1.165, 1.54) is 24.1 Å². The van der Waals surface area contributed by atoms with Gasteiger partial charge in [0.25, 0.3) is 0 Å². The molecule has 19 heavy (non-hydrogen) atoms. The van der Waals surface area contributed by atoms with Gasteiger partial charge in [-0.1, -0.05) is 28.1 Å². The summed E-state index contributed by atoms with van der Waals surface area (Å²) in [4.78, 5) is 4.26. The van der Waals surface area contributed by atoms with Crippen LogP contribution in [0, 0.1) is 0 Å². The molecule has 1 aromatic carbocycles. The second kappa shape index (κ2) is 5.47. The van der Waals surface area contributed by atoms with Gasteiger partial charge in [0.15, 0.2) is 0 Å². The molecule has 0 aliphatic heterocycles. The fraction of sp³-hybridized carbons (Fsp3) is 0.400. The van der Waals surface area contributed by atoms with Crippen LogP contribution in [0.3, 0.4) is 0 Å². The van der Waals surface area contributed by atoms with Crippen LogP contribution in [0.1, 0.15) is 43.1 Å². The maximum absolute atomic E-state index is 4.26. The Morgan fingerprint density at radius 1 is 1.47 bits per heavy atom. The zero-order valence-corrected chi connectivity index (χ0v) is 12.6. The minimum atomic E-state index is 0.333. The van der Waals surface area contributed by atoms with Crippen LogP contribution in [0.15, 0.2) is 41.3 Å². The summed E-state index contributed by atoms with van der Waals surface area (Å²) in [7, 11) is 0. The number of hydrogen-bond donors (Lipinski definition) is 1. The van der Waals surface area contributed by atoms with E-state index in [1.807, 2.05) is 12.5 Å². The molecule has 0 saturated heterocycles. The molecule has 3 rings (SSSR count). The summed E-state index contributed by atoms with van der Waals surface area (Å²) in [5.41, 5.74) is 2.58. The molecule has 0 amide bonds. The predicted molar refractivity (Wildman–Crippen MR) is 79.9 cm³/mol. The summed E-state index contributed by atoms with van der Waals surface area (Å²) in [6.07, 6.45) is 6.52. The van der Waals surface area contributed by atoms with Crippen molar-refractivity contribution >= 4 is 15.9 Å². The zero-order chi connectivity index (χ0) is 13.2. The van der Waals surface area contributed by atoms with Gasteiger partial charge in [-0.25, -0.2) is 4.98 Å². The minimum Gasteiger partial charge on any atom is -0.330 e. The van der Waals surface area contributed by atoms with Gasteiger partial charge in [0.05, 0.1) is 12.0 Å². The summed E-state index contributed by atoms with van der Waals surface area (Å²) in [5.74, 6) is 0. The molecule has 2 aromatic rings. The molecule has 1 unspecified atom stereocenters. The molecule has 1 N–H and O–H groups in total. The number of benzene rings is 1. The topological polar surface area (TPSA) is 29.9 Å². The Balaban J connectivity index is 1.63. The van der Waals surface area contributed by atoms with Crippen LogP contribution in [0.2, 0.25) is 0 Å². The van der Waals surface area contributed by atoms with Gasteiger partial charge in [-0.05, 0) is 37.5 Å². The van der Waals surface area contributed by atoms with E-state index in [9.17, 15) is 0 Å². The maximum Gasteiger partial charge on any atom is 0.0951 e. The maximum atomic E-state index is 4.26. The zero-order valence-electron chi connectivity index (χ0n) is 11.0. The SMILES string of the molecule is CC(NCc1cncn1C1CC1)c1cccc(Br)c1. The number of halogens is 1. The number of nitrogens with zero attached hydrogens (tertiary/aromatic N) is 2. The van der Waals surface area contributed by atoms with Crippen molar-refractivity contribution in [3.63, 3.8) is 0 Å². The molecule has 100 valence electrons. The molecule has 1 aliphatic carbocycles. The summed E-state index contributed by atoms with van der Waals surface area (Å²) in [6.45, 7) is 3.06. The molecule has 1 atom stereocenters. The Hall–Kier alpha value is -1.13. The Morgan fingerprint density at radius 2 is 2.32 bits per heavy atom. The van der Waals surface area contributed by atoms with Gasteiger partial charge in [-0.15, -0.1) is 0 Å². The van der Waals surface area contributed by atoms with Crippen molar-refractivity contribution in [3.05, 3.63) is 52.5 Å². The molecule has 0 radical (unpaired) electrons. The van der Waals surface area contributed by atoms with Crippen LogP contribution in [-0.2, 0) is 6.54 Å². The average Bonchev–Trinajstić information content (AvgIpc) is 3.15. The molecule has 0 bridgehead atoms. The standard InChI is InChI=1S/C15H18BrN3/c1-11(12-3-2-4-13(16)7-12)18-9-15-8-17-10-19(15)14-5-6-14/h2-4,7-8,10-11,14,18H,5-6,9H2,1H3. The largest absolute Gasteiger partial charge is 0.330 e. The molecule has 1 fully saturated rings. The van der Waals surface area contributed by atoms with Crippen LogP contribution in [0.25, 0.3) is 0 Å². The number of aromatic nitrogens is 2. The van der Waals surface area contributed by atoms with E-state index in [0.717, 1.165) is 11.0 Å². The van der Waals surface area contributed by atoms with Crippen LogP contribution >= 0.6 is 15.9 Å². The van der Waals surface area contributed by atoms with Crippen molar-refractivity contribution in [2.75, 3.05) is 0 Å². The highest BCUT2D eigenvalue weighted by Crippen LogP contribution is 2.35. The Bertz CT molecular complexity index is 560. The van der Waals surface area contributed by atoms with Gasteiger partial charge in [-0.2, -0.15) is 0 Å². The lowest BCUT2D eigenvalue weighted by molar-refractivity contribution is 0.547. The lowest BCUT2D eigenvalue weighted by Gasteiger charge is -2.15. The van der Waals surface area contributed by atoms with E-state index in [1.54, 1.807) is 0 Å². The minimum absolute atomic E-state index is 0.333. The molecule has 1 heterocycles. The molecular weight excluding hydrogens is 302 g/mol. The first-order chi connectivity index (χ1) is 9.24. The van der Waals surface area contributed by atoms with Crippen molar-refractivity contribution in [1.82, 2.24) is 14.9 Å². The average molecular weight is 320 g/mol. The lowest BCUT2D eigenvalue weighted by Crippen LogP contribution is -2.19. The normalized spacial score (nSPS) is 16.5. The van der Waals surface area contributed by atoms with Gasteiger partial charge < -0.3 is 9.88 Å². The summed E-state index contributed by atoms with van der Waals surface area (Å²) in [6, 6.07) is 9.47. The predicted octanol–water partition coefficient (Wildman–Crippen LogP) is 3.83. The molecule has 1 saturated carbocycles. The third-order valence-corrected chi connectivity index (χ3v) is 4.12. The molecular formula is C15H18BrN3. The van der Waals surface area contributed by atoms with Crippen molar-refractivity contribution in [2.45, 2.75) is 38.4 Å². The van der Waals surface area contributed by atoms with E-state index < -0.39 is 0 Å². The summed E-state index contributed by atoms with van der Waals surface area (Å²) < 4.78 is 3.43. The van der Waals surface area contributed by atoms with Gasteiger partial charge in [0.2, 0.25) is 0 Å². The monoisotopic (exact) mass is 319 g/mol. The van der Waals surface area contributed by atoms with Gasteiger partial charge in [-0.3, -0.25) is 0 Å². The van der Waals surface area contributed by atoms with Crippen LogP contribution < -0.4 is 5.32 Å². The van der Waals surface area contributed by atoms with Gasteiger partial charge >= 0.3 is 0 Å². The van der Waals surface area contributed by atoms with E-state index in [2.05, 4.69) is 62.0 Å². The Morgan fingerprint density at radius 3 is 3.05 bits per heavy atom. The first kappa shape index (κ1) is 12.9. The third kappa shape index (κ3) is 3.07. The first-order valence-corrected chi connectivity index (χ1v) is 7.53. The molecule has 4 heteroatoms. The van der Waals surface area contributed by atoms with Crippen molar-refractivity contribution < 1.29 is 0 Å². The summed E-state index contributed by atoms with van der Waals surface area (Å²) >= 11 is 3.52. The highest BCUT2D eigenvalue weighted by Gasteiger charge is 2.25. The number of hydrogen-bond acceptors (Lipinski definition) is 2. The molecule has 0 spiro atoms. The molecule has 3 nitrogen and oxygen atoms in total. The van der Waals surface area contributed by atoms with Crippen LogP contribution in [0.5, 0.6) is 0 Å². The fourth-order valence-electron chi connectivity index (χ4n) is 2.30. The molecule has 1 aromatic heterocycles. The number of nitrogens with one attached hydrogen (secondary N) is 1. The van der Waals surface area contributed by atoms with E-state index >= 15 is 0 Å². The van der Waals surface area contributed by atoms with E-state index in [0.29, 0.717) is 12.1 Å². The Kier molecular flexibility index (Phi) is 3.71. The molecule has 1 aliphatic rings. The fourth-order valence-corrected chi connectivity index (χ4v) is 2.72. The van der Waals surface area contributed by atoms with Gasteiger partial charge in [0.1, 0.15) is 0 Å². The Labute approximate surface area is 122 Å². The van der Waals surface area contributed by atoms with E-state index in [-0.39, 0.29) is 0 Å². The van der Waals surface area contributed by atoms with Crippen molar-refractivity contribution in [3.8, 4) is 0 Å². The summed E-state index contributed by atoms with van der Waals surface area (Å²) in [5, 5.41) is 3.57. The first-order valence-electron chi connectivity index (χ1n) is 6.73. The highest BCUT2D eigenvalue weighted by molar-refractivity contribution is 9.10. The van der Waals surface area contributed by atoms with Crippen molar-refractivity contribution in [1.29, 1.82) is 0 Å².